The van der Waals surface area contributed by atoms with Gasteiger partial charge in [-0.1, -0.05) is 18.6 Å². The molecule has 0 amide bonds. The maximum Gasteiger partial charge on any atom is 0.142 e. The van der Waals surface area contributed by atoms with Crippen LogP contribution >= 0.6 is 0 Å². The number of hydrogen-bond acceptors (Lipinski definition) is 3. The Hall–Kier alpha value is -1.51. The van der Waals surface area contributed by atoms with Crippen LogP contribution in [-0.2, 0) is 0 Å². The number of amidine groups is 1. The van der Waals surface area contributed by atoms with E-state index in [0.717, 1.165) is 30.2 Å². The molecule has 86 valence electrons. The summed E-state index contributed by atoms with van der Waals surface area (Å²) in [4.78, 5) is 4.54. The Kier molecular flexibility index (Phi) is 3.81. The molecule has 1 N–H and O–H groups in total. The maximum atomic E-state index is 5.30. The molecule has 0 radical (unpaired) electrons. The van der Waals surface area contributed by atoms with E-state index >= 15 is 0 Å². The van der Waals surface area contributed by atoms with Crippen molar-refractivity contribution < 1.29 is 4.74 Å². The average Bonchev–Trinajstić information content (AvgIpc) is 2.58. The Morgan fingerprint density at radius 1 is 1.19 bits per heavy atom. The first-order valence-electron chi connectivity index (χ1n) is 5.83. The zero-order valence-corrected chi connectivity index (χ0v) is 9.70. The molecule has 0 spiro atoms. The summed E-state index contributed by atoms with van der Waals surface area (Å²) < 4.78 is 5.30. The van der Waals surface area contributed by atoms with Crippen LogP contribution < -0.4 is 10.1 Å². The number of hydrogen-bond donors (Lipinski definition) is 1. The highest BCUT2D eigenvalue weighted by Crippen LogP contribution is 2.24. The van der Waals surface area contributed by atoms with Crippen molar-refractivity contribution in [3.63, 3.8) is 0 Å². The first-order chi connectivity index (χ1) is 7.90. The first kappa shape index (κ1) is 11.0. The number of para-hydroxylation sites is 2. The van der Waals surface area contributed by atoms with Gasteiger partial charge in [0.15, 0.2) is 0 Å². The first-order valence-corrected chi connectivity index (χ1v) is 5.83. The van der Waals surface area contributed by atoms with Crippen LogP contribution in [0, 0.1) is 0 Å². The Labute approximate surface area is 96.5 Å². The van der Waals surface area contributed by atoms with Crippen LogP contribution in [0.15, 0.2) is 29.3 Å². The summed E-state index contributed by atoms with van der Waals surface area (Å²) in [6.45, 7) is 0.942. The van der Waals surface area contributed by atoms with Gasteiger partial charge in [0.25, 0.3) is 0 Å². The molecular formula is C13H18N2O. The molecule has 1 aromatic carbocycles. The number of aliphatic imine (C=N–C) groups is 1. The van der Waals surface area contributed by atoms with Gasteiger partial charge in [-0.05, 0) is 25.0 Å². The highest BCUT2D eigenvalue weighted by Gasteiger charge is 2.07. The van der Waals surface area contributed by atoms with Crippen LogP contribution in [0.5, 0.6) is 5.75 Å². The van der Waals surface area contributed by atoms with Gasteiger partial charge in [0.1, 0.15) is 11.6 Å². The van der Waals surface area contributed by atoms with Crippen molar-refractivity contribution in [2.75, 3.05) is 19.0 Å². The number of rotatable bonds is 2. The summed E-state index contributed by atoms with van der Waals surface area (Å²) in [5, 5.41) is 3.37. The summed E-state index contributed by atoms with van der Waals surface area (Å²) in [6.07, 6.45) is 4.75. The van der Waals surface area contributed by atoms with Crippen molar-refractivity contribution in [1.82, 2.24) is 0 Å². The molecule has 1 aliphatic rings. The third kappa shape index (κ3) is 2.75. The number of methoxy groups -OCH3 is 1. The van der Waals surface area contributed by atoms with E-state index in [1.165, 1.54) is 19.3 Å². The Morgan fingerprint density at radius 2 is 2.06 bits per heavy atom. The quantitative estimate of drug-likeness (QED) is 0.827. The van der Waals surface area contributed by atoms with Gasteiger partial charge in [0.2, 0.25) is 0 Å². The molecular weight excluding hydrogens is 200 g/mol. The van der Waals surface area contributed by atoms with Gasteiger partial charge in [-0.2, -0.15) is 0 Å². The molecule has 16 heavy (non-hydrogen) atoms. The van der Waals surface area contributed by atoms with Crippen molar-refractivity contribution >= 4 is 11.5 Å². The summed E-state index contributed by atoms with van der Waals surface area (Å²) in [7, 11) is 1.69. The van der Waals surface area contributed by atoms with Gasteiger partial charge in [-0.25, -0.2) is 0 Å². The fourth-order valence-corrected chi connectivity index (χ4v) is 1.88. The lowest BCUT2D eigenvalue weighted by Crippen LogP contribution is -2.12. The van der Waals surface area contributed by atoms with Crippen LogP contribution in [0.3, 0.4) is 0 Å². The smallest absolute Gasteiger partial charge is 0.142 e. The topological polar surface area (TPSA) is 33.6 Å². The van der Waals surface area contributed by atoms with E-state index < -0.39 is 0 Å². The molecule has 0 saturated heterocycles. The van der Waals surface area contributed by atoms with Gasteiger partial charge in [-0.15, -0.1) is 0 Å². The molecule has 0 bridgehead atoms. The standard InChI is InChI=1S/C13H18N2O/c1-16-12-8-5-4-7-11(12)15-13-9-3-2-6-10-14-13/h4-5,7-8H,2-3,6,9-10H2,1H3,(H,14,15). The molecule has 1 aromatic rings. The summed E-state index contributed by atoms with van der Waals surface area (Å²) >= 11 is 0. The fourth-order valence-electron chi connectivity index (χ4n) is 1.88. The monoisotopic (exact) mass is 218 g/mol. The third-order valence-corrected chi connectivity index (χ3v) is 2.76. The van der Waals surface area contributed by atoms with E-state index in [0.29, 0.717) is 0 Å². The van der Waals surface area contributed by atoms with E-state index in [2.05, 4.69) is 10.3 Å². The minimum absolute atomic E-state index is 0.870. The SMILES string of the molecule is COc1ccccc1NC1=NCCCCC1. The van der Waals surface area contributed by atoms with Crippen molar-refractivity contribution in [3.05, 3.63) is 24.3 Å². The van der Waals surface area contributed by atoms with Gasteiger partial charge in [0.05, 0.1) is 12.8 Å². The van der Waals surface area contributed by atoms with Crippen LogP contribution in [0.1, 0.15) is 25.7 Å². The number of benzene rings is 1. The zero-order chi connectivity index (χ0) is 11.2. The highest BCUT2D eigenvalue weighted by molar-refractivity contribution is 5.96. The molecule has 3 heteroatoms. The van der Waals surface area contributed by atoms with Crippen LogP contribution in [-0.4, -0.2) is 19.5 Å². The summed E-state index contributed by atoms with van der Waals surface area (Å²) in [5.41, 5.74) is 1.01. The molecule has 0 atom stereocenters. The summed E-state index contributed by atoms with van der Waals surface area (Å²) in [5.74, 6) is 1.96. The molecule has 2 rings (SSSR count). The van der Waals surface area contributed by atoms with Crippen LogP contribution in [0.2, 0.25) is 0 Å². The lowest BCUT2D eigenvalue weighted by molar-refractivity contribution is 0.417. The molecule has 0 saturated carbocycles. The second-order valence-corrected chi connectivity index (χ2v) is 3.96. The predicted octanol–water partition coefficient (Wildman–Crippen LogP) is 3.08. The molecule has 0 unspecified atom stereocenters. The van der Waals surface area contributed by atoms with Crippen LogP contribution in [0.25, 0.3) is 0 Å². The Bertz CT molecular complexity index is 374. The molecule has 3 nitrogen and oxygen atoms in total. The Balaban J connectivity index is 2.10. The van der Waals surface area contributed by atoms with E-state index in [1.54, 1.807) is 7.11 Å². The van der Waals surface area contributed by atoms with E-state index in [-0.39, 0.29) is 0 Å². The van der Waals surface area contributed by atoms with E-state index in [9.17, 15) is 0 Å². The largest absolute Gasteiger partial charge is 0.495 e. The minimum Gasteiger partial charge on any atom is -0.495 e. The molecule has 0 fully saturated rings. The number of nitrogens with one attached hydrogen (secondary N) is 1. The van der Waals surface area contributed by atoms with Crippen molar-refractivity contribution in [3.8, 4) is 5.75 Å². The second kappa shape index (κ2) is 5.54. The number of nitrogens with zero attached hydrogens (tertiary/aromatic N) is 1. The Morgan fingerprint density at radius 3 is 2.94 bits per heavy atom. The molecule has 1 heterocycles. The van der Waals surface area contributed by atoms with Crippen molar-refractivity contribution in [2.24, 2.45) is 4.99 Å². The molecule has 0 aromatic heterocycles. The lowest BCUT2D eigenvalue weighted by Gasteiger charge is -2.11. The number of ether oxygens (including phenoxy) is 1. The zero-order valence-electron chi connectivity index (χ0n) is 9.70. The van der Waals surface area contributed by atoms with Crippen LogP contribution in [0.4, 0.5) is 5.69 Å². The van der Waals surface area contributed by atoms with Crippen molar-refractivity contribution in [1.29, 1.82) is 0 Å². The van der Waals surface area contributed by atoms with Gasteiger partial charge < -0.3 is 10.1 Å². The maximum absolute atomic E-state index is 5.30. The lowest BCUT2D eigenvalue weighted by atomic mass is 10.2. The highest BCUT2D eigenvalue weighted by atomic mass is 16.5. The van der Waals surface area contributed by atoms with Gasteiger partial charge in [0, 0.05) is 13.0 Å². The average molecular weight is 218 g/mol. The van der Waals surface area contributed by atoms with E-state index in [4.69, 9.17) is 4.74 Å². The second-order valence-electron chi connectivity index (χ2n) is 3.96. The fraction of sp³-hybridized carbons (Fsp3) is 0.462. The van der Waals surface area contributed by atoms with Gasteiger partial charge >= 0.3 is 0 Å². The van der Waals surface area contributed by atoms with E-state index in [1.807, 2.05) is 24.3 Å². The van der Waals surface area contributed by atoms with Crippen molar-refractivity contribution in [2.45, 2.75) is 25.7 Å². The summed E-state index contributed by atoms with van der Waals surface area (Å²) in [6, 6.07) is 7.95. The third-order valence-electron chi connectivity index (χ3n) is 2.76. The normalized spacial score (nSPS) is 16.2. The molecule has 0 aliphatic carbocycles. The minimum atomic E-state index is 0.870. The number of anilines is 1. The molecule has 1 aliphatic heterocycles. The van der Waals surface area contributed by atoms with Gasteiger partial charge in [-0.3, -0.25) is 4.99 Å². The predicted molar refractivity (Wildman–Crippen MR) is 67.4 cm³/mol.